The average molecular weight is 586 g/mol. The fraction of sp³-hybridized carbons (Fsp3) is 0.273. The third kappa shape index (κ3) is 5.44. The van der Waals surface area contributed by atoms with E-state index in [1.807, 2.05) is 36.1 Å². The summed E-state index contributed by atoms with van der Waals surface area (Å²) in [5, 5.41) is 14.3. The number of carbonyl (C=O) groups excluding carboxylic acids is 1. The lowest BCUT2D eigenvalue weighted by Crippen LogP contribution is -2.26. The Bertz CT molecular complexity index is 1780. The van der Waals surface area contributed by atoms with Gasteiger partial charge < -0.3 is 20.3 Å². The van der Waals surface area contributed by atoms with E-state index in [-0.39, 0.29) is 10.8 Å². The molecular weight excluding hydrogens is 550 g/mol. The second-order valence-electron chi connectivity index (χ2n) is 10.5. The first-order valence-corrected chi connectivity index (χ1v) is 15.8. The molecule has 0 unspecified atom stereocenters. The Hall–Kier alpha value is -4.37. The van der Waals surface area contributed by atoms with Crippen molar-refractivity contribution in [3.63, 3.8) is 0 Å². The van der Waals surface area contributed by atoms with Crippen molar-refractivity contribution >= 4 is 27.1 Å². The van der Waals surface area contributed by atoms with Crippen LogP contribution in [0.2, 0.25) is 0 Å². The summed E-state index contributed by atoms with van der Waals surface area (Å²) in [7, 11) is -2.87. The van der Waals surface area contributed by atoms with E-state index in [1.54, 1.807) is 43.4 Å². The van der Waals surface area contributed by atoms with E-state index >= 15 is 0 Å². The number of nitrogens with one attached hydrogen (secondary N) is 2. The van der Waals surface area contributed by atoms with Gasteiger partial charge in [-0.15, -0.1) is 0 Å². The summed E-state index contributed by atoms with van der Waals surface area (Å²) < 4.78 is 27.9. The van der Waals surface area contributed by atoms with Gasteiger partial charge in [0, 0.05) is 30.5 Å². The summed E-state index contributed by atoms with van der Waals surface area (Å²) in [5.41, 5.74) is 3.76. The van der Waals surface area contributed by atoms with Crippen LogP contribution in [0.15, 0.2) is 87.4 Å². The Morgan fingerprint density at radius 1 is 1.00 bits per heavy atom. The normalized spacial score (nSPS) is 13.3. The summed E-state index contributed by atoms with van der Waals surface area (Å²) in [6, 6.07) is 20.9. The van der Waals surface area contributed by atoms with Gasteiger partial charge in [0.1, 0.15) is 5.69 Å². The average Bonchev–Trinajstić information content (AvgIpc) is 3.22. The molecule has 0 aliphatic carbocycles. The van der Waals surface area contributed by atoms with Gasteiger partial charge in [0.25, 0.3) is 11.5 Å². The molecule has 9 heteroatoms. The minimum atomic E-state index is -4.41. The molecule has 0 spiro atoms. The van der Waals surface area contributed by atoms with Gasteiger partial charge in [-0.25, -0.2) is 8.42 Å². The van der Waals surface area contributed by atoms with Crippen molar-refractivity contribution in [3.05, 3.63) is 100.0 Å². The molecule has 42 heavy (non-hydrogen) atoms. The molecule has 1 aliphatic rings. The second kappa shape index (κ2) is 12.2. The molecule has 0 radical (unpaired) electrons. The maximum Gasteiger partial charge on any atom is 0.271 e. The van der Waals surface area contributed by atoms with Gasteiger partial charge in [-0.1, -0.05) is 61.9 Å². The number of aromatic nitrogens is 1. The molecule has 3 aromatic carbocycles. The lowest BCUT2D eigenvalue weighted by molar-refractivity contribution is 0.0963. The molecule has 4 aromatic rings. The smallest absolute Gasteiger partial charge is 0.271 e. The molecule has 8 nitrogen and oxygen atoms in total. The predicted octanol–water partition coefficient (Wildman–Crippen LogP) is 5.76. The largest absolute Gasteiger partial charge is 0.504 e. The van der Waals surface area contributed by atoms with Crippen LogP contribution in [0.4, 0.5) is 11.4 Å². The number of aromatic hydroxyl groups is 1. The van der Waals surface area contributed by atoms with Crippen LogP contribution in [-0.2, 0) is 22.7 Å². The number of hydrogen-bond donors (Lipinski definition) is 3. The number of anilines is 2. The highest BCUT2D eigenvalue weighted by atomic mass is 32.2. The summed E-state index contributed by atoms with van der Waals surface area (Å²) >= 11 is 0. The lowest BCUT2D eigenvalue weighted by Gasteiger charge is -2.28. The van der Waals surface area contributed by atoms with Crippen LogP contribution < -0.4 is 15.8 Å². The fourth-order valence-corrected chi connectivity index (χ4v) is 6.98. The van der Waals surface area contributed by atoms with Crippen LogP contribution >= 0.6 is 0 Å². The first kappa shape index (κ1) is 29.1. The minimum Gasteiger partial charge on any atom is -0.504 e. The molecule has 1 amide bonds. The van der Waals surface area contributed by atoms with E-state index in [4.69, 9.17) is 0 Å². The first-order valence-electron chi connectivity index (χ1n) is 14.3. The summed E-state index contributed by atoms with van der Waals surface area (Å²) in [6.07, 6.45) is 4.82. The Morgan fingerprint density at radius 3 is 2.45 bits per heavy atom. The highest BCUT2D eigenvalue weighted by molar-refractivity contribution is 7.91. The number of carbonyl (C=O) groups is 1. The highest BCUT2D eigenvalue weighted by Gasteiger charge is 2.32. The molecule has 0 saturated carbocycles. The van der Waals surface area contributed by atoms with Crippen LogP contribution in [0.1, 0.15) is 54.2 Å². The number of aromatic amines is 1. The SMILES string of the molecule is CCCCc1[nH]c(=O)c(S(=O)(=O)c2ccc(-c3ccccc3C(=O)NC)cc2)c(O)c1N1CCCCc2ccccc21. The van der Waals surface area contributed by atoms with Crippen molar-refractivity contribution in [1.82, 2.24) is 10.3 Å². The number of para-hydroxylation sites is 1. The molecule has 0 atom stereocenters. The number of benzene rings is 3. The zero-order valence-electron chi connectivity index (χ0n) is 23.8. The van der Waals surface area contributed by atoms with Crippen molar-refractivity contribution in [1.29, 1.82) is 0 Å². The monoisotopic (exact) mass is 585 g/mol. The van der Waals surface area contributed by atoms with Crippen LogP contribution in [0.3, 0.4) is 0 Å². The second-order valence-corrected chi connectivity index (χ2v) is 12.3. The molecule has 1 aromatic heterocycles. The van der Waals surface area contributed by atoms with Gasteiger partial charge in [-0.3, -0.25) is 9.59 Å². The summed E-state index contributed by atoms with van der Waals surface area (Å²) in [4.78, 5) is 29.7. The number of unbranched alkanes of at least 4 members (excludes halogenated alkanes) is 1. The van der Waals surface area contributed by atoms with E-state index in [9.17, 15) is 23.1 Å². The van der Waals surface area contributed by atoms with E-state index in [1.165, 1.54) is 12.1 Å². The molecule has 3 N–H and O–H groups in total. The molecule has 5 rings (SSSR count). The van der Waals surface area contributed by atoms with Gasteiger partial charge in [0.05, 0.1) is 4.90 Å². The Labute approximate surface area is 246 Å². The number of rotatable bonds is 8. The summed E-state index contributed by atoms with van der Waals surface area (Å²) in [5.74, 6) is -0.792. The number of nitrogens with zero attached hydrogens (tertiary/aromatic N) is 1. The van der Waals surface area contributed by atoms with Gasteiger partial charge in [0.15, 0.2) is 10.6 Å². The lowest BCUT2D eigenvalue weighted by atomic mass is 9.99. The number of fused-ring (bicyclic) bond motifs is 1. The van der Waals surface area contributed by atoms with E-state index < -0.39 is 26.0 Å². The number of sulfone groups is 1. The van der Waals surface area contributed by atoms with Gasteiger partial charge in [-0.05, 0) is 73.1 Å². The standard InChI is InChI=1S/C33H35N3O5S/c1-3-4-15-27-29(36-21-10-9-12-23-11-5-8-16-28(23)36)30(37)31(33(39)35-27)42(40,41)24-19-17-22(18-20-24)25-13-6-7-14-26(25)32(38)34-2/h5-8,11,13-14,16-20H,3-4,9-10,12,15,21H2,1-2H3,(H,34,38)(H2,35,37,39). The van der Waals surface area contributed by atoms with Crippen LogP contribution in [0.25, 0.3) is 11.1 Å². The Morgan fingerprint density at radius 2 is 1.71 bits per heavy atom. The maximum absolute atomic E-state index is 14.0. The number of aryl methyl sites for hydroxylation is 2. The number of amides is 1. The van der Waals surface area contributed by atoms with Gasteiger partial charge in [0.2, 0.25) is 9.84 Å². The topological polar surface area (TPSA) is 120 Å². The molecule has 218 valence electrons. The number of pyridine rings is 1. The summed E-state index contributed by atoms with van der Waals surface area (Å²) in [6.45, 7) is 2.61. The molecule has 0 saturated heterocycles. The first-order chi connectivity index (χ1) is 20.3. The zero-order chi connectivity index (χ0) is 29.9. The number of H-pyrrole nitrogens is 1. The van der Waals surface area contributed by atoms with Crippen LogP contribution in [0.5, 0.6) is 5.75 Å². The van der Waals surface area contributed by atoms with Crippen LogP contribution in [-0.4, -0.2) is 38.0 Å². The van der Waals surface area contributed by atoms with Crippen molar-refractivity contribution in [2.75, 3.05) is 18.5 Å². The van der Waals surface area contributed by atoms with Crippen molar-refractivity contribution < 1.29 is 18.3 Å². The van der Waals surface area contributed by atoms with Gasteiger partial charge >= 0.3 is 0 Å². The van der Waals surface area contributed by atoms with Crippen LogP contribution in [0, 0.1) is 0 Å². The van der Waals surface area contributed by atoms with E-state index in [0.717, 1.165) is 43.4 Å². The van der Waals surface area contributed by atoms with Crippen molar-refractivity contribution in [3.8, 4) is 16.9 Å². The maximum atomic E-state index is 14.0. The molecule has 1 aliphatic heterocycles. The highest BCUT2D eigenvalue weighted by Crippen LogP contribution is 2.42. The number of hydrogen-bond acceptors (Lipinski definition) is 6. The molecule has 0 fully saturated rings. The third-order valence-electron chi connectivity index (χ3n) is 7.75. The predicted molar refractivity (Wildman–Crippen MR) is 164 cm³/mol. The Kier molecular flexibility index (Phi) is 8.49. The fourth-order valence-electron chi connectivity index (χ4n) is 5.61. The van der Waals surface area contributed by atoms with E-state index in [2.05, 4.69) is 10.3 Å². The van der Waals surface area contributed by atoms with Gasteiger partial charge in [-0.2, -0.15) is 0 Å². The zero-order valence-corrected chi connectivity index (χ0v) is 24.6. The third-order valence-corrected chi connectivity index (χ3v) is 9.56. The quantitative estimate of drug-likeness (QED) is 0.242. The van der Waals surface area contributed by atoms with E-state index in [0.29, 0.717) is 41.0 Å². The van der Waals surface area contributed by atoms with Crippen molar-refractivity contribution in [2.24, 2.45) is 0 Å². The molecule has 2 heterocycles. The minimum absolute atomic E-state index is 0.131. The Balaban J connectivity index is 1.63. The van der Waals surface area contributed by atoms with Crippen molar-refractivity contribution in [2.45, 2.75) is 55.2 Å². The molecular formula is C33H35N3O5S. The molecule has 0 bridgehead atoms.